The molecule has 2 aliphatic rings. The number of carbonyl (C=O) groups is 1. The molecule has 2 nitrogen and oxygen atoms in total. The van der Waals surface area contributed by atoms with Gasteiger partial charge in [0.05, 0.1) is 0 Å². The predicted molar refractivity (Wildman–Crippen MR) is 64.1 cm³/mol. The summed E-state index contributed by atoms with van der Waals surface area (Å²) in [4.78, 5) is 11.1. The molecule has 2 rings (SSSR count). The number of carbonyl (C=O) groups excluding carboxylic acids is 1. The van der Waals surface area contributed by atoms with E-state index in [1.165, 1.54) is 51.9 Å². The summed E-state index contributed by atoms with van der Waals surface area (Å²) in [7, 11) is 0. The number of ether oxygens (including phenoxy) is 1. The standard InChI is InChI=1S/C14H22O2/c1-11(15)16-14-10-6-5-9-13(14)12-7-3-2-4-8-12/h7,13-14H,2-6,8-10H2,1H3/t13-,14+/m1/s1. The zero-order chi connectivity index (χ0) is 11.4. The maximum Gasteiger partial charge on any atom is 0.302 e. The Morgan fingerprint density at radius 3 is 2.75 bits per heavy atom. The Morgan fingerprint density at radius 1 is 1.25 bits per heavy atom. The molecule has 16 heavy (non-hydrogen) atoms. The van der Waals surface area contributed by atoms with Gasteiger partial charge in [-0.05, 0) is 44.9 Å². The van der Waals surface area contributed by atoms with Gasteiger partial charge < -0.3 is 4.74 Å². The Morgan fingerprint density at radius 2 is 2.06 bits per heavy atom. The molecule has 0 aromatic rings. The van der Waals surface area contributed by atoms with E-state index >= 15 is 0 Å². The summed E-state index contributed by atoms with van der Waals surface area (Å²) < 4.78 is 5.48. The lowest BCUT2D eigenvalue weighted by atomic mass is 9.78. The first kappa shape index (κ1) is 11.7. The van der Waals surface area contributed by atoms with Crippen LogP contribution in [0.3, 0.4) is 0 Å². The van der Waals surface area contributed by atoms with Crippen molar-refractivity contribution in [1.82, 2.24) is 0 Å². The van der Waals surface area contributed by atoms with Gasteiger partial charge in [-0.1, -0.05) is 18.1 Å². The van der Waals surface area contributed by atoms with Crippen LogP contribution in [0, 0.1) is 5.92 Å². The minimum Gasteiger partial charge on any atom is -0.462 e. The van der Waals surface area contributed by atoms with Crippen LogP contribution in [-0.4, -0.2) is 12.1 Å². The molecular weight excluding hydrogens is 200 g/mol. The molecule has 2 heteroatoms. The quantitative estimate of drug-likeness (QED) is 0.527. The molecule has 0 saturated heterocycles. The van der Waals surface area contributed by atoms with E-state index in [0.29, 0.717) is 5.92 Å². The van der Waals surface area contributed by atoms with Crippen molar-refractivity contribution < 1.29 is 9.53 Å². The molecule has 0 N–H and O–H groups in total. The zero-order valence-corrected chi connectivity index (χ0v) is 10.2. The molecule has 0 spiro atoms. The highest BCUT2D eigenvalue weighted by molar-refractivity contribution is 5.66. The van der Waals surface area contributed by atoms with Crippen molar-refractivity contribution in [2.45, 2.75) is 64.4 Å². The van der Waals surface area contributed by atoms with Crippen molar-refractivity contribution in [1.29, 1.82) is 0 Å². The van der Waals surface area contributed by atoms with Crippen molar-refractivity contribution in [2.75, 3.05) is 0 Å². The maximum absolute atomic E-state index is 11.1. The van der Waals surface area contributed by atoms with Gasteiger partial charge in [0.25, 0.3) is 0 Å². The van der Waals surface area contributed by atoms with Gasteiger partial charge in [0.1, 0.15) is 6.10 Å². The van der Waals surface area contributed by atoms with E-state index in [1.54, 1.807) is 5.57 Å². The second-order valence-corrected chi connectivity index (χ2v) is 5.06. The molecule has 1 saturated carbocycles. The van der Waals surface area contributed by atoms with E-state index < -0.39 is 0 Å². The third-order valence-corrected chi connectivity index (χ3v) is 3.82. The molecule has 0 radical (unpaired) electrons. The van der Waals surface area contributed by atoms with Gasteiger partial charge >= 0.3 is 5.97 Å². The summed E-state index contributed by atoms with van der Waals surface area (Å²) in [5.74, 6) is 0.409. The topological polar surface area (TPSA) is 26.3 Å². The lowest BCUT2D eigenvalue weighted by Crippen LogP contribution is -2.31. The first-order valence-electron chi connectivity index (χ1n) is 6.63. The summed E-state index contributed by atoms with van der Waals surface area (Å²) in [5, 5.41) is 0. The molecule has 2 atom stereocenters. The van der Waals surface area contributed by atoms with Crippen LogP contribution in [-0.2, 0) is 9.53 Å². The average molecular weight is 222 g/mol. The lowest BCUT2D eigenvalue weighted by Gasteiger charge is -2.33. The highest BCUT2D eigenvalue weighted by Crippen LogP contribution is 2.36. The summed E-state index contributed by atoms with van der Waals surface area (Å²) >= 11 is 0. The van der Waals surface area contributed by atoms with Gasteiger partial charge in [-0.15, -0.1) is 0 Å². The molecule has 0 heterocycles. The van der Waals surface area contributed by atoms with Crippen molar-refractivity contribution in [3.05, 3.63) is 11.6 Å². The fourth-order valence-electron chi connectivity index (χ4n) is 3.07. The summed E-state index contributed by atoms with van der Waals surface area (Å²) in [6.45, 7) is 1.53. The van der Waals surface area contributed by atoms with Crippen molar-refractivity contribution in [2.24, 2.45) is 5.92 Å². The fraction of sp³-hybridized carbons (Fsp3) is 0.786. The van der Waals surface area contributed by atoms with Crippen LogP contribution in [0.25, 0.3) is 0 Å². The SMILES string of the molecule is CC(=O)O[C@H]1CCCC[C@@H]1C1=CCCCC1. The summed E-state index contributed by atoms with van der Waals surface area (Å²) in [6.07, 6.45) is 12.4. The van der Waals surface area contributed by atoms with Crippen molar-refractivity contribution in [3.8, 4) is 0 Å². The highest BCUT2D eigenvalue weighted by atomic mass is 16.5. The first-order valence-corrected chi connectivity index (χ1v) is 6.63. The van der Waals surface area contributed by atoms with Crippen LogP contribution in [0.2, 0.25) is 0 Å². The Kier molecular flexibility index (Phi) is 4.03. The smallest absolute Gasteiger partial charge is 0.302 e. The highest BCUT2D eigenvalue weighted by Gasteiger charge is 2.30. The van der Waals surface area contributed by atoms with E-state index in [-0.39, 0.29) is 12.1 Å². The minimum absolute atomic E-state index is 0.117. The number of rotatable bonds is 2. The van der Waals surface area contributed by atoms with Crippen LogP contribution in [0.15, 0.2) is 11.6 Å². The Balaban J connectivity index is 2.03. The van der Waals surface area contributed by atoms with Crippen molar-refractivity contribution >= 4 is 5.97 Å². The van der Waals surface area contributed by atoms with Crippen molar-refractivity contribution in [3.63, 3.8) is 0 Å². The van der Waals surface area contributed by atoms with Crippen LogP contribution in [0.4, 0.5) is 0 Å². The molecular formula is C14H22O2. The molecule has 0 aliphatic heterocycles. The van der Waals surface area contributed by atoms with Gasteiger partial charge in [-0.25, -0.2) is 0 Å². The molecule has 1 fully saturated rings. The van der Waals surface area contributed by atoms with Crippen LogP contribution in [0.5, 0.6) is 0 Å². The van der Waals surface area contributed by atoms with Gasteiger partial charge in [0.2, 0.25) is 0 Å². The number of hydrogen-bond donors (Lipinski definition) is 0. The van der Waals surface area contributed by atoms with E-state index in [0.717, 1.165) is 6.42 Å². The van der Waals surface area contributed by atoms with Gasteiger partial charge in [0.15, 0.2) is 0 Å². The number of hydrogen-bond acceptors (Lipinski definition) is 2. The summed E-state index contributed by atoms with van der Waals surface area (Å²) in [6, 6.07) is 0. The molecule has 0 amide bonds. The van der Waals surface area contributed by atoms with Gasteiger partial charge in [0, 0.05) is 12.8 Å². The van der Waals surface area contributed by atoms with E-state index in [2.05, 4.69) is 6.08 Å². The second kappa shape index (κ2) is 5.51. The molecule has 90 valence electrons. The molecule has 0 bridgehead atoms. The second-order valence-electron chi connectivity index (χ2n) is 5.06. The van der Waals surface area contributed by atoms with E-state index in [9.17, 15) is 4.79 Å². The Labute approximate surface area is 98.1 Å². The Bertz CT molecular complexity index is 280. The number of allylic oxidation sites excluding steroid dienone is 1. The van der Waals surface area contributed by atoms with E-state index in [4.69, 9.17) is 4.74 Å². The summed E-state index contributed by atoms with van der Waals surface area (Å²) in [5.41, 5.74) is 1.57. The van der Waals surface area contributed by atoms with Crippen LogP contribution >= 0.6 is 0 Å². The van der Waals surface area contributed by atoms with Gasteiger partial charge in [-0.3, -0.25) is 4.79 Å². The van der Waals surface area contributed by atoms with Crippen LogP contribution < -0.4 is 0 Å². The monoisotopic (exact) mass is 222 g/mol. The fourth-order valence-corrected chi connectivity index (χ4v) is 3.07. The normalized spacial score (nSPS) is 30.7. The molecule has 2 aliphatic carbocycles. The minimum atomic E-state index is -0.117. The average Bonchev–Trinajstić information content (AvgIpc) is 2.30. The maximum atomic E-state index is 11.1. The first-order chi connectivity index (χ1) is 7.77. The third kappa shape index (κ3) is 2.87. The lowest BCUT2D eigenvalue weighted by molar-refractivity contribution is -0.149. The third-order valence-electron chi connectivity index (χ3n) is 3.82. The number of esters is 1. The zero-order valence-electron chi connectivity index (χ0n) is 10.2. The Hall–Kier alpha value is -0.790. The molecule has 0 aromatic heterocycles. The van der Waals surface area contributed by atoms with Gasteiger partial charge in [-0.2, -0.15) is 0 Å². The largest absolute Gasteiger partial charge is 0.462 e. The predicted octanol–water partition coefficient (Wildman–Crippen LogP) is 3.61. The molecule has 0 aromatic carbocycles. The van der Waals surface area contributed by atoms with Crippen LogP contribution in [0.1, 0.15) is 58.3 Å². The molecule has 0 unspecified atom stereocenters. The van der Waals surface area contributed by atoms with E-state index in [1.807, 2.05) is 0 Å².